The smallest absolute Gasteiger partial charge is 0.118 e. The van der Waals surface area contributed by atoms with E-state index in [1.165, 1.54) is 50.8 Å². The van der Waals surface area contributed by atoms with Crippen LogP contribution in [-0.4, -0.2) is 38.2 Å². The van der Waals surface area contributed by atoms with Crippen LogP contribution in [0.5, 0.6) is 5.75 Å². The molecule has 2 rings (SSSR count). The average molecular weight is 290 g/mol. The molecule has 1 aliphatic heterocycles. The van der Waals surface area contributed by atoms with Crippen molar-refractivity contribution in [1.82, 2.24) is 10.2 Å². The van der Waals surface area contributed by atoms with E-state index in [1.54, 1.807) is 7.11 Å². The number of likely N-dealkylation sites (N-methyl/N-ethyl adjacent to an activating group) is 1. The summed E-state index contributed by atoms with van der Waals surface area (Å²) in [6, 6.07) is 8.92. The van der Waals surface area contributed by atoms with Gasteiger partial charge in [-0.2, -0.15) is 0 Å². The fourth-order valence-electron chi connectivity index (χ4n) is 3.12. The van der Waals surface area contributed by atoms with Gasteiger partial charge in [-0.3, -0.25) is 0 Å². The number of nitrogens with one attached hydrogen (secondary N) is 1. The lowest BCUT2D eigenvalue weighted by Crippen LogP contribution is -2.37. The Morgan fingerprint density at radius 2 is 1.67 bits per heavy atom. The fourth-order valence-corrected chi connectivity index (χ4v) is 3.12. The molecule has 1 aliphatic rings. The van der Waals surface area contributed by atoms with E-state index in [4.69, 9.17) is 4.74 Å². The van der Waals surface area contributed by atoms with Gasteiger partial charge in [0.05, 0.1) is 7.11 Å². The summed E-state index contributed by atoms with van der Waals surface area (Å²) in [6.45, 7) is 6.80. The third-order valence-electron chi connectivity index (χ3n) is 4.36. The Balaban J connectivity index is 1.99. The van der Waals surface area contributed by atoms with Gasteiger partial charge >= 0.3 is 0 Å². The second kappa shape index (κ2) is 9.06. The largest absolute Gasteiger partial charge is 0.497 e. The lowest BCUT2D eigenvalue weighted by Gasteiger charge is -2.29. The van der Waals surface area contributed by atoms with Gasteiger partial charge in [-0.05, 0) is 50.2 Å². The predicted molar refractivity (Wildman–Crippen MR) is 88.9 cm³/mol. The topological polar surface area (TPSA) is 24.5 Å². The Morgan fingerprint density at radius 3 is 2.24 bits per heavy atom. The molecular weight excluding hydrogens is 260 g/mol. The van der Waals surface area contributed by atoms with Gasteiger partial charge in [0.15, 0.2) is 0 Å². The number of likely N-dealkylation sites (tertiary alicyclic amines) is 1. The van der Waals surface area contributed by atoms with Crippen molar-refractivity contribution < 1.29 is 4.74 Å². The lowest BCUT2D eigenvalue weighted by molar-refractivity contribution is 0.222. The first kappa shape index (κ1) is 16.3. The van der Waals surface area contributed by atoms with Crippen LogP contribution in [0.15, 0.2) is 24.3 Å². The van der Waals surface area contributed by atoms with Gasteiger partial charge in [-0.25, -0.2) is 0 Å². The maximum atomic E-state index is 5.26. The lowest BCUT2D eigenvalue weighted by atomic mass is 10.0. The zero-order valence-electron chi connectivity index (χ0n) is 13.6. The van der Waals surface area contributed by atoms with E-state index in [0.29, 0.717) is 6.04 Å². The summed E-state index contributed by atoms with van der Waals surface area (Å²) in [7, 11) is 1.72. The maximum Gasteiger partial charge on any atom is 0.118 e. The van der Waals surface area contributed by atoms with Gasteiger partial charge < -0.3 is 15.0 Å². The van der Waals surface area contributed by atoms with Gasteiger partial charge in [0.1, 0.15) is 5.75 Å². The van der Waals surface area contributed by atoms with Crippen LogP contribution in [0, 0.1) is 0 Å². The molecule has 0 aliphatic carbocycles. The highest BCUT2D eigenvalue weighted by Crippen LogP contribution is 2.20. The second-order valence-corrected chi connectivity index (χ2v) is 5.95. The standard InChI is InChI=1S/C18H30N2O/c1-3-19-18(16-9-11-17(21-2)12-10-16)15-20-13-7-5-4-6-8-14-20/h9-12,18-19H,3-8,13-15H2,1-2H3. The van der Waals surface area contributed by atoms with Crippen LogP contribution in [0.4, 0.5) is 0 Å². The molecular formula is C18H30N2O. The summed E-state index contributed by atoms with van der Waals surface area (Å²) >= 11 is 0. The first-order valence-corrected chi connectivity index (χ1v) is 8.43. The number of benzene rings is 1. The van der Waals surface area contributed by atoms with E-state index in [-0.39, 0.29) is 0 Å². The van der Waals surface area contributed by atoms with Gasteiger partial charge in [-0.15, -0.1) is 0 Å². The van der Waals surface area contributed by atoms with Crippen molar-refractivity contribution in [2.75, 3.05) is 33.3 Å². The molecule has 0 bridgehead atoms. The van der Waals surface area contributed by atoms with E-state index in [2.05, 4.69) is 41.4 Å². The summed E-state index contributed by atoms with van der Waals surface area (Å²) in [5.74, 6) is 0.931. The van der Waals surface area contributed by atoms with Crippen LogP contribution in [-0.2, 0) is 0 Å². The highest BCUT2D eigenvalue weighted by molar-refractivity contribution is 5.29. The van der Waals surface area contributed by atoms with Crippen molar-refractivity contribution in [2.45, 2.75) is 45.1 Å². The van der Waals surface area contributed by atoms with E-state index in [1.807, 2.05) is 0 Å². The Hall–Kier alpha value is -1.06. The molecule has 0 radical (unpaired) electrons. The zero-order chi connectivity index (χ0) is 14.9. The summed E-state index contributed by atoms with van der Waals surface area (Å²) in [6.07, 6.45) is 6.90. The second-order valence-electron chi connectivity index (χ2n) is 5.95. The number of rotatable bonds is 6. The predicted octanol–water partition coefficient (Wildman–Crippen LogP) is 3.61. The van der Waals surface area contributed by atoms with Crippen LogP contribution < -0.4 is 10.1 Å². The van der Waals surface area contributed by atoms with Gasteiger partial charge in [0.25, 0.3) is 0 Å². The molecule has 21 heavy (non-hydrogen) atoms. The van der Waals surface area contributed by atoms with Crippen molar-refractivity contribution in [3.63, 3.8) is 0 Å². The molecule has 1 saturated heterocycles. The Labute approximate surface area is 129 Å². The van der Waals surface area contributed by atoms with E-state index in [9.17, 15) is 0 Å². The van der Waals surface area contributed by atoms with Crippen LogP contribution >= 0.6 is 0 Å². The van der Waals surface area contributed by atoms with Crippen molar-refractivity contribution >= 4 is 0 Å². The van der Waals surface area contributed by atoms with Crippen molar-refractivity contribution in [1.29, 1.82) is 0 Å². The normalized spacial score (nSPS) is 18.8. The number of nitrogens with zero attached hydrogens (tertiary/aromatic N) is 1. The molecule has 0 aromatic heterocycles. The van der Waals surface area contributed by atoms with Crippen LogP contribution in [0.2, 0.25) is 0 Å². The van der Waals surface area contributed by atoms with Gasteiger partial charge in [-0.1, -0.05) is 38.3 Å². The number of hydrogen-bond acceptors (Lipinski definition) is 3. The summed E-state index contributed by atoms with van der Waals surface area (Å²) in [5, 5.41) is 3.64. The molecule has 3 nitrogen and oxygen atoms in total. The van der Waals surface area contributed by atoms with E-state index >= 15 is 0 Å². The minimum atomic E-state index is 0.417. The van der Waals surface area contributed by atoms with Crippen LogP contribution in [0.3, 0.4) is 0 Å². The monoisotopic (exact) mass is 290 g/mol. The minimum Gasteiger partial charge on any atom is -0.497 e. The molecule has 0 saturated carbocycles. The third-order valence-corrected chi connectivity index (χ3v) is 4.36. The number of ether oxygens (including phenoxy) is 1. The molecule has 1 aromatic carbocycles. The molecule has 1 atom stereocenters. The van der Waals surface area contributed by atoms with Crippen LogP contribution in [0.25, 0.3) is 0 Å². The first-order chi connectivity index (χ1) is 10.3. The van der Waals surface area contributed by atoms with Crippen molar-refractivity contribution in [2.24, 2.45) is 0 Å². The summed E-state index contributed by atoms with van der Waals surface area (Å²) in [4.78, 5) is 2.64. The zero-order valence-corrected chi connectivity index (χ0v) is 13.6. The van der Waals surface area contributed by atoms with Crippen LogP contribution in [0.1, 0.15) is 50.6 Å². The van der Waals surface area contributed by atoms with Crippen molar-refractivity contribution in [3.05, 3.63) is 29.8 Å². The number of hydrogen-bond donors (Lipinski definition) is 1. The SMILES string of the molecule is CCNC(CN1CCCCCCC1)c1ccc(OC)cc1. The fraction of sp³-hybridized carbons (Fsp3) is 0.667. The van der Waals surface area contributed by atoms with E-state index < -0.39 is 0 Å². The first-order valence-electron chi connectivity index (χ1n) is 8.43. The van der Waals surface area contributed by atoms with Gasteiger partial charge in [0.2, 0.25) is 0 Å². The highest BCUT2D eigenvalue weighted by atomic mass is 16.5. The molecule has 1 fully saturated rings. The summed E-state index contributed by atoms with van der Waals surface area (Å²) < 4.78 is 5.26. The molecule has 118 valence electrons. The molecule has 1 heterocycles. The van der Waals surface area contributed by atoms with Gasteiger partial charge in [0, 0.05) is 12.6 Å². The molecule has 3 heteroatoms. The Kier molecular flexibility index (Phi) is 7.04. The molecule has 0 spiro atoms. The molecule has 1 N–H and O–H groups in total. The summed E-state index contributed by atoms with van der Waals surface area (Å²) in [5.41, 5.74) is 1.36. The Bertz CT molecular complexity index is 383. The minimum absolute atomic E-state index is 0.417. The Morgan fingerprint density at radius 1 is 1.05 bits per heavy atom. The quantitative estimate of drug-likeness (QED) is 0.866. The molecule has 0 amide bonds. The maximum absolute atomic E-state index is 5.26. The number of methoxy groups -OCH3 is 1. The highest BCUT2D eigenvalue weighted by Gasteiger charge is 2.16. The molecule has 1 unspecified atom stereocenters. The molecule has 1 aromatic rings. The van der Waals surface area contributed by atoms with Crippen molar-refractivity contribution in [3.8, 4) is 5.75 Å². The average Bonchev–Trinajstić information content (AvgIpc) is 2.49. The van der Waals surface area contributed by atoms with E-state index in [0.717, 1.165) is 18.8 Å². The third kappa shape index (κ3) is 5.33.